The van der Waals surface area contributed by atoms with Gasteiger partial charge in [0.15, 0.2) is 0 Å². The lowest BCUT2D eigenvalue weighted by atomic mass is 10.3. The van der Waals surface area contributed by atoms with E-state index in [-0.39, 0.29) is 0 Å². The zero-order valence-electron chi connectivity index (χ0n) is 10.2. The molecule has 0 radical (unpaired) electrons. The quantitative estimate of drug-likeness (QED) is 0.534. The first-order chi connectivity index (χ1) is 7.06. The maximum Gasteiger partial charge on any atom is 0.112 e. The van der Waals surface area contributed by atoms with Gasteiger partial charge in [0.05, 0.1) is 0 Å². The van der Waals surface area contributed by atoms with Crippen LogP contribution >= 0.6 is 0 Å². The van der Waals surface area contributed by atoms with Crippen LogP contribution in [0.2, 0.25) is 13.1 Å². The normalized spacial score (nSPS) is 10.7. The minimum atomic E-state index is -1.42. The molecule has 0 aliphatic heterocycles. The van der Waals surface area contributed by atoms with Gasteiger partial charge in [-0.1, -0.05) is 55.5 Å². The van der Waals surface area contributed by atoms with Gasteiger partial charge in [-0.25, -0.2) is 0 Å². The van der Waals surface area contributed by atoms with Crippen LogP contribution in [0.1, 0.15) is 20.3 Å². The predicted octanol–water partition coefficient (Wildman–Crippen LogP) is 3.65. The maximum absolute atomic E-state index is 3.42. The van der Waals surface area contributed by atoms with E-state index < -0.39 is 8.07 Å². The summed E-state index contributed by atoms with van der Waals surface area (Å²) >= 11 is 0. The van der Waals surface area contributed by atoms with E-state index in [4.69, 9.17) is 0 Å². The van der Waals surface area contributed by atoms with Crippen molar-refractivity contribution in [1.29, 1.82) is 0 Å². The summed E-state index contributed by atoms with van der Waals surface area (Å²) in [6, 6.07) is 10.8. The number of allylic oxidation sites excluding steroid dienone is 1. The maximum atomic E-state index is 3.42. The molecule has 0 aromatic heterocycles. The Morgan fingerprint density at radius 3 is 2.40 bits per heavy atom. The van der Waals surface area contributed by atoms with Gasteiger partial charge in [-0.3, -0.25) is 0 Å². The smallest absolute Gasteiger partial charge is 0.112 e. The standard InChI is InChI=1S/C14H20Si/c1-5-13(2)11-12-15(3,4)14-9-7-6-8-10-14/h6-10,12H,5H2,1-4H3. The summed E-state index contributed by atoms with van der Waals surface area (Å²) < 4.78 is 0. The summed E-state index contributed by atoms with van der Waals surface area (Å²) in [5.41, 5.74) is 7.07. The highest BCUT2D eigenvalue weighted by atomic mass is 28.3. The molecule has 0 aliphatic rings. The molecule has 0 saturated heterocycles. The van der Waals surface area contributed by atoms with Gasteiger partial charge in [-0.2, -0.15) is 0 Å². The Hall–Kier alpha value is -1.04. The fourth-order valence-corrected chi connectivity index (χ4v) is 3.18. The molecule has 0 spiro atoms. The molecule has 0 unspecified atom stereocenters. The van der Waals surface area contributed by atoms with E-state index in [1.165, 1.54) is 10.8 Å². The second-order valence-corrected chi connectivity index (χ2v) is 8.82. The number of hydrogen-bond acceptors (Lipinski definition) is 0. The predicted molar refractivity (Wildman–Crippen MR) is 71.1 cm³/mol. The van der Waals surface area contributed by atoms with Gasteiger partial charge in [0.1, 0.15) is 8.07 Å². The third kappa shape index (κ3) is 3.54. The molecule has 80 valence electrons. The minimum Gasteiger partial charge on any atom is -0.130 e. The van der Waals surface area contributed by atoms with Crippen molar-refractivity contribution in [2.24, 2.45) is 0 Å². The fourth-order valence-electron chi connectivity index (χ4n) is 1.36. The summed E-state index contributed by atoms with van der Waals surface area (Å²) in [7, 11) is -1.42. The Bertz CT molecular complexity index is 368. The summed E-state index contributed by atoms with van der Waals surface area (Å²) in [5.74, 6) is 0. The van der Waals surface area contributed by atoms with Crippen molar-refractivity contribution in [1.82, 2.24) is 0 Å². The Balaban J connectivity index is 2.99. The van der Waals surface area contributed by atoms with E-state index in [0.717, 1.165) is 6.42 Å². The van der Waals surface area contributed by atoms with E-state index in [1.54, 1.807) is 0 Å². The Morgan fingerprint density at radius 1 is 1.27 bits per heavy atom. The third-order valence-electron chi connectivity index (χ3n) is 2.73. The molecule has 1 aromatic rings. The summed E-state index contributed by atoms with van der Waals surface area (Å²) in [4.78, 5) is 0. The van der Waals surface area contributed by atoms with Crippen molar-refractivity contribution < 1.29 is 0 Å². The van der Waals surface area contributed by atoms with Crippen LogP contribution in [0.4, 0.5) is 0 Å². The molecule has 0 saturated carbocycles. The van der Waals surface area contributed by atoms with Crippen molar-refractivity contribution in [2.45, 2.75) is 33.4 Å². The van der Waals surface area contributed by atoms with E-state index in [1.807, 2.05) is 0 Å². The SMILES string of the molecule is CCC(C)=C=C[Si](C)(C)c1ccccc1. The average Bonchev–Trinajstić information content (AvgIpc) is 2.27. The Kier molecular flexibility index (Phi) is 4.13. The fraction of sp³-hybridized carbons (Fsp3) is 0.357. The largest absolute Gasteiger partial charge is 0.130 e. The molecule has 0 N–H and O–H groups in total. The average molecular weight is 216 g/mol. The topological polar surface area (TPSA) is 0 Å². The lowest BCUT2D eigenvalue weighted by molar-refractivity contribution is 1.11. The molecule has 1 aromatic carbocycles. The van der Waals surface area contributed by atoms with Crippen molar-refractivity contribution in [3.05, 3.63) is 47.3 Å². The Morgan fingerprint density at radius 2 is 1.87 bits per heavy atom. The molecule has 1 rings (SSSR count). The second-order valence-electron chi connectivity index (χ2n) is 4.51. The number of rotatable bonds is 3. The van der Waals surface area contributed by atoms with Gasteiger partial charge in [-0.05, 0) is 24.6 Å². The van der Waals surface area contributed by atoms with Gasteiger partial charge in [0.2, 0.25) is 0 Å². The number of benzene rings is 1. The molecule has 0 heterocycles. The molecule has 0 amide bonds. The highest BCUT2D eigenvalue weighted by molar-refractivity contribution is 6.93. The van der Waals surface area contributed by atoms with Crippen LogP contribution in [0.3, 0.4) is 0 Å². The molecule has 0 bridgehead atoms. The highest BCUT2D eigenvalue weighted by Crippen LogP contribution is 2.05. The van der Waals surface area contributed by atoms with Crippen molar-refractivity contribution in [3.8, 4) is 0 Å². The van der Waals surface area contributed by atoms with Crippen LogP contribution < -0.4 is 5.19 Å². The molecular formula is C14H20Si. The van der Waals surface area contributed by atoms with E-state index in [0.29, 0.717) is 0 Å². The molecular weight excluding hydrogens is 196 g/mol. The molecule has 0 atom stereocenters. The van der Waals surface area contributed by atoms with E-state index in [2.05, 4.69) is 68.7 Å². The first-order valence-electron chi connectivity index (χ1n) is 5.55. The summed E-state index contributed by atoms with van der Waals surface area (Å²) in [6.07, 6.45) is 1.09. The lowest BCUT2D eigenvalue weighted by Gasteiger charge is -2.16. The first kappa shape index (κ1) is 12.0. The Labute approximate surface area is 94.4 Å². The van der Waals surface area contributed by atoms with Gasteiger partial charge in [-0.15, -0.1) is 5.73 Å². The van der Waals surface area contributed by atoms with Crippen LogP contribution in [-0.4, -0.2) is 8.07 Å². The van der Waals surface area contributed by atoms with Crippen molar-refractivity contribution >= 4 is 13.3 Å². The minimum absolute atomic E-state index is 1.09. The zero-order chi connectivity index (χ0) is 11.3. The molecule has 0 fully saturated rings. The van der Waals surface area contributed by atoms with E-state index >= 15 is 0 Å². The summed E-state index contributed by atoms with van der Waals surface area (Å²) in [6.45, 7) is 9.04. The number of hydrogen-bond donors (Lipinski definition) is 0. The van der Waals surface area contributed by atoms with Crippen LogP contribution in [0.15, 0.2) is 47.3 Å². The van der Waals surface area contributed by atoms with Crippen molar-refractivity contribution in [3.63, 3.8) is 0 Å². The first-order valence-corrected chi connectivity index (χ1v) is 8.63. The second kappa shape index (κ2) is 5.15. The van der Waals surface area contributed by atoms with Gasteiger partial charge < -0.3 is 0 Å². The van der Waals surface area contributed by atoms with Crippen LogP contribution in [0.25, 0.3) is 0 Å². The van der Waals surface area contributed by atoms with Gasteiger partial charge in [0.25, 0.3) is 0 Å². The molecule has 1 heteroatoms. The van der Waals surface area contributed by atoms with Gasteiger partial charge >= 0.3 is 0 Å². The third-order valence-corrected chi connectivity index (χ3v) is 5.41. The van der Waals surface area contributed by atoms with Crippen molar-refractivity contribution in [2.75, 3.05) is 0 Å². The van der Waals surface area contributed by atoms with E-state index in [9.17, 15) is 0 Å². The van der Waals surface area contributed by atoms with Gasteiger partial charge in [0, 0.05) is 0 Å². The molecule has 0 nitrogen and oxygen atoms in total. The zero-order valence-corrected chi connectivity index (χ0v) is 11.2. The molecule has 15 heavy (non-hydrogen) atoms. The van der Waals surface area contributed by atoms with Crippen LogP contribution in [0, 0.1) is 0 Å². The van der Waals surface area contributed by atoms with Crippen LogP contribution in [0.5, 0.6) is 0 Å². The lowest BCUT2D eigenvalue weighted by Crippen LogP contribution is -2.39. The highest BCUT2D eigenvalue weighted by Gasteiger charge is 2.18. The summed E-state index contributed by atoms with van der Waals surface area (Å²) in [5, 5.41) is 1.47. The molecule has 0 aliphatic carbocycles. The monoisotopic (exact) mass is 216 g/mol. The van der Waals surface area contributed by atoms with Crippen LogP contribution in [-0.2, 0) is 0 Å².